The Morgan fingerprint density at radius 3 is 2.73 bits per heavy atom. The number of carbonyl (C=O) groups is 4. The van der Waals surface area contributed by atoms with Crippen LogP contribution in [-0.2, 0) is 16.0 Å². The van der Waals surface area contributed by atoms with Crippen LogP contribution in [0.25, 0.3) is 11.0 Å². The van der Waals surface area contributed by atoms with Gasteiger partial charge in [-0.2, -0.15) is 0 Å². The van der Waals surface area contributed by atoms with Gasteiger partial charge in [-0.3, -0.25) is 19.2 Å². The molecule has 2 bridgehead atoms. The molecule has 1 saturated heterocycles. The Morgan fingerprint density at radius 1 is 1.12 bits per heavy atom. The lowest BCUT2D eigenvalue weighted by molar-refractivity contribution is -0.126. The standard InChI is InChI=1S/C30H35FN6O4/c1-18(2)24-16-36(30(41)23-15-20-7-4-12-33-27(20)34-23)17-26(38)32-11-3-6-19-9-10-22(31)21(14-19)29(40)37-13-5-8-25(37)28(39)35-24/h4,7,9-10,12,14-15,18,24-25H,3,5-6,8,11,13,16-17H2,1-2H3,(H,32,38)(H,33,34)(H,35,39)/t24-,25-/m0/s1. The van der Waals surface area contributed by atoms with Crippen LogP contribution < -0.4 is 10.6 Å². The van der Waals surface area contributed by atoms with Crippen LogP contribution in [-0.4, -0.2) is 81.7 Å². The maximum Gasteiger partial charge on any atom is 0.270 e. The molecule has 1 aromatic carbocycles. The van der Waals surface area contributed by atoms with E-state index in [1.807, 2.05) is 19.9 Å². The fraction of sp³-hybridized carbons (Fsp3) is 0.433. The van der Waals surface area contributed by atoms with Crippen LogP contribution in [0.3, 0.4) is 0 Å². The summed E-state index contributed by atoms with van der Waals surface area (Å²) in [7, 11) is 0. The summed E-state index contributed by atoms with van der Waals surface area (Å²) in [6.45, 7) is 4.41. The van der Waals surface area contributed by atoms with Gasteiger partial charge in [0.2, 0.25) is 11.8 Å². The van der Waals surface area contributed by atoms with Crippen LogP contribution in [0.15, 0.2) is 42.6 Å². The molecular weight excluding hydrogens is 527 g/mol. The van der Waals surface area contributed by atoms with Crippen molar-refractivity contribution in [1.82, 2.24) is 30.4 Å². The highest BCUT2D eigenvalue weighted by Crippen LogP contribution is 2.24. The molecule has 216 valence electrons. The van der Waals surface area contributed by atoms with Crippen LogP contribution in [0, 0.1) is 11.7 Å². The quantitative estimate of drug-likeness (QED) is 0.443. The Bertz CT molecular complexity index is 1440. The third-order valence-electron chi connectivity index (χ3n) is 7.84. The molecule has 1 fully saturated rings. The number of aromatic amines is 1. The van der Waals surface area contributed by atoms with Crippen molar-refractivity contribution >= 4 is 34.7 Å². The normalized spacial score (nSPS) is 21.0. The molecule has 11 heteroatoms. The summed E-state index contributed by atoms with van der Waals surface area (Å²) in [4.78, 5) is 63.8. The number of halogens is 1. The first-order valence-corrected chi connectivity index (χ1v) is 14.1. The minimum atomic E-state index is -0.755. The van der Waals surface area contributed by atoms with Crippen LogP contribution in [0.5, 0.6) is 0 Å². The molecule has 2 aromatic heterocycles. The molecule has 0 spiro atoms. The van der Waals surface area contributed by atoms with Crippen LogP contribution in [0.2, 0.25) is 0 Å². The van der Waals surface area contributed by atoms with Crippen molar-refractivity contribution in [3.8, 4) is 0 Å². The number of rotatable bonds is 2. The zero-order valence-electron chi connectivity index (χ0n) is 23.3. The zero-order valence-corrected chi connectivity index (χ0v) is 23.3. The Labute approximate surface area is 237 Å². The Kier molecular flexibility index (Phi) is 8.32. The van der Waals surface area contributed by atoms with Gasteiger partial charge in [-0.25, -0.2) is 9.37 Å². The van der Waals surface area contributed by atoms with E-state index in [9.17, 15) is 23.6 Å². The van der Waals surface area contributed by atoms with Gasteiger partial charge in [0.25, 0.3) is 11.8 Å². The van der Waals surface area contributed by atoms with E-state index in [-0.39, 0.29) is 42.3 Å². The van der Waals surface area contributed by atoms with Gasteiger partial charge in [-0.05, 0) is 67.5 Å². The maximum absolute atomic E-state index is 14.8. The van der Waals surface area contributed by atoms with Crippen molar-refractivity contribution in [2.45, 2.75) is 51.6 Å². The molecule has 41 heavy (non-hydrogen) atoms. The second kappa shape index (κ2) is 12.1. The van der Waals surface area contributed by atoms with E-state index in [0.29, 0.717) is 50.1 Å². The maximum atomic E-state index is 14.8. The molecule has 10 nitrogen and oxygen atoms in total. The van der Waals surface area contributed by atoms with E-state index in [1.54, 1.807) is 24.4 Å². The lowest BCUT2D eigenvalue weighted by Gasteiger charge is -2.32. The van der Waals surface area contributed by atoms with Crippen molar-refractivity contribution in [3.63, 3.8) is 0 Å². The smallest absolute Gasteiger partial charge is 0.270 e. The zero-order chi connectivity index (χ0) is 29.1. The summed E-state index contributed by atoms with van der Waals surface area (Å²) in [5.74, 6) is -2.31. The highest BCUT2D eigenvalue weighted by atomic mass is 19.1. The van der Waals surface area contributed by atoms with Gasteiger partial charge in [0.15, 0.2) is 0 Å². The Balaban J connectivity index is 1.45. The minimum Gasteiger partial charge on any atom is -0.355 e. The Morgan fingerprint density at radius 2 is 1.95 bits per heavy atom. The fourth-order valence-electron chi connectivity index (χ4n) is 5.48. The molecule has 2 aliphatic heterocycles. The average Bonchev–Trinajstić information content (AvgIpc) is 3.62. The van der Waals surface area contributed by atoms with E-state index in [2.05, 4.69) is 20.6 Å². The molecule has 0 saturated carbocycles. The van der Waals surface area contributed by atoms with Gasteiger partial charge in [-0.15, -0.1) is 0 Å². The first kappa shape index (κ1) is 28.3. The second-order valence-corrected chi connectivity index (χ2v) is 11.1. The molecule has 2 aliphatic rings. The molecule has 0 unspecified atom stereocenters. The number of fused-ring (bicyclic) bond motifs is 4. The average molecular weight is 563 g/mol. The minimum absolute atomic E-state index is 0.0550. The highest BCUT2D eigenvalue weighted by molar-refractivity contribution is 5.99. The predicted molar refractivity (Wildman–Crippen MR) is 151 cm³/mol. The summed E-state index contributed by atoms with van der Waals surface area (Å²) in [5, 5.41) is 6.66. The number of hydrogen-bond acceptors (Lipinski definition) is 5. The molecule has 3 N–H and O–H groups in total. The van der Waals surface area contributed by atoms with E-state index in [0.717, 1.165) is 10.9 Å². The molecule has 4 amide bonds. The largest absolute Gasteiger partial charge is 0.355 e. The third-order valence-corrected chi connectivity index (χ3v) is 7.84. The molecular formula is C30H35FN6O4. The summed E-state index contributed by atoms with van der Waals surface area (Å²) in [5.41, 5.74) is 1.56. The summed E-state index contributed by atoms with van der Waals surface area (Å²) in [6, 6.07) is 8.49. The summed E-state index contributed by atoms with van der Waals surface area (Å²) >= 11 is 0. The monoisotopic (exact) mass is 562 g/mol. The number of carbonyl (C=O) groups excluding carboxylic acids is 4. The van der Waals surface area contributed by atoms with E-state index < -0.39 is 23.8 Å². The second-order valence-electron chi connectivity index (χ2n) is 11.1. The van der Waals surface area contributed by atoms with E-state index in [4.69, 9.17) is 0 Å². The van der Waals surface area contributed by atoms with Crippen LogP contribution in [0.1, 0.15) is 59.5 Å². The molecule has 0 aliphatic carbocycles. The number of nitrogens with one attached hydrogen (secondary N) is 3. The highest BCUT2D eigenvalue weighted by Gasteiger charge is 2.37. The number of aromatic nitrogens is 2. The van der Waals surface area contributed by atoms with Crippen molar-refractivity contribution in [3.05, 3.63) is 65.2 Å². The van der Waals surface area contributed by atoms with Crippen molar-refractivity contribution in [2.24, 2.45) is 5.92 Å². The first-order valence-electron chi connectivity index (χ1n) is 14.1. The van der Waals surface area contributed by atoms with Crippen LogP contribution in [0.4, 0.5) is 4.39 Å². The van der Waals surface area contributed by atoms with Crippen molar-refractivity contribution in [1.29, 1.82) is 0 Å². The molecule has 4 heterocycles. The topological polar surface area (TPSA) is 128 Å². The SMILES string of the molecule is CC(C)[C@@H]1CN(C(=O)c2cc3cccnc3[nH]2)CC(=O)NCCCc2ccc(F)c(c2)C(=O)N2CCC[C@H]2C(=O)N1. The van der Waals surface area contributed by atoms with E-state index in [1.165, 1.54) is 21.9 Å². The van der Waals surface area contributed by atoms with E-state index >= 15 is 0 Å². The number of H-pyrrole nitrogens is 1. The number of pyridine rings is 1. The van der Waals surface area contributed by atoms with Crippen molar-refractivity contribution in [2.75, 3.05) is 26.2 Å². The summed E-state index contributed by atoms with van der Waals surface area (Å²) < 4.78 is 14.8. The number of hydrogen-bond donors (Lipinski definition) is 3. The lowest BCUT2D eigenvalue weighted by Crippen LogP contribution is -2.54. The van der Waals surface area contributed by atoms with Gasteiger partial charge in [0.1, 0.15) is 23.2 Å². The lowest BCUT2D eigenvalue weighted by atomic mass is 10.0. The first-order chi connectivity index (χ1) is 19.7. The van der Waals surface area contributed by atoms with Crippen LogP contribution >= 0.6 is 0 Å². The predicted octanol–water partition coefficient (Wildman–Crippen LogP) is 2.65. The van der Waals surface area contributed by atoms with Gasteiger partial charge >= 0.3 is 0 Å². The van der Waals surface area contributed by atoms with Crippen molar-refractivity contribution < 1.29 is 23.6 Å². The number of benzene rings is 1. The molecule has 3 aromatic rings. The number of amides is 4. The molecule has 5 rings (SSSR count). The van der Waals surface area contributed by atoms with Gasteiger partial charge in [0, 0.05) is 37.3 Å². The number of aryl methyl sites for hydroxylation is 1. The fourth-order valence-corrected chi connectivity index (χ4v) is 5.48. The van der Waals surface area contributed by atoms with Gasteiger partial charge in [0.05, 0.1) is 12.1 Å². The number of nitrogens with zero attached hydrogens (tertiary/aromatic N) is 3. The molecule has 0 radical (unpaired) electrons. The van der Waals surface area contributed by atoms with Gasteiger partial charge < -0.3 is 25.4 Å². The van der Waals surface area contributed by atoms with Gasteiger partial charge in [-0.1, -0.05) is 19.9 Å². The molecule has 2 atom stereocenters. The third kappa shape index (κ3) is 6.23. The summed E-state index contributed by atoms with van der Waals surface area (Å²) in [6.07, 6.45) is 3.79. The Hall–Kier alpha value is -4.28.